The van der Waals surface area contributed by atoms with Crippen molar-refractivity contribution in [1.29, 1.82) is 0 Å². The van der Waals surface area contributed by atoms with E-state index in [1.165, 1.54) is 7.11 Å². The van der Waals surface area contributed by atoms with E-state index >= 15 is 0 Å². The number of halogens is 1. The molecule has 0 radical (unpaired) electrons. The van der Waals surface area contributed by atoms with E-state index in [1.807, 2.05) is 61.5 Å². The summed E-state index contributed by atoms with van der Waals surface area (Å²) >= 11 is 0. The van der Waals surface area contributed by atoms with Gasteiger partial charge in [0.05, 0.1) is 19.1 Å². The Bertz CT molecular complexity index is 737. The Morgan fingerprint density at radius 2 is 1.70 bits per heavy atom. The fourth-order valence-corrected chi connectivity index (χ4v) is 2.84. The van der Waals surface area contributed by atoms with E-state index in [9.17, 15) is 9.59 Å². The van der Waals surface area contributed by atoms with Gasteiger partial charge in [0.15, 0.2) is 0 Å². The number of benzene rings is 2. The first-order valence-corrected chi connectivity index (χ1v) is 8.70. The van der Waals surface area contributed by atoms with Crippen molar-refractivity contribution in [3.05, 3.63) is 71.3 Å². The number of nitrogens with one attached hydrogen (secondary N) is 1. The fourth-order valence-electron chi connectivity index (χ4n) is 2.84. The van der Waals surface area contributed by atoms with Gasteiger partial charge >= 0.3 is 5.97 Å². The van der Waals surface area contributed by atoms with Crippen LogP contribution in [0.4, 0.5) is 0 Å². The lowest BCUT2D eigenvalue weighted by Crippen LogP contribution is -2.45. The van der Waals surface area contributed by atoms with Crippen LogP contribution in [0.2, 0.25) is 0 Å². The Hall–Kier alpha value is -2.37. The van der Waals surface area contributed by atoms with Gasteiger partial charge in [-0.25, -0.2) is 0 Å². The van der Waals surface area contributed by atoms with Gasteiger partial charge < -0.3 is 15.8 Å². The maximum absolute atomic E-state index is 12.3. The molecule has 2 atom stereocenters. The zero-order valence-corrected chi connectivity index (χ0v) is 16.5. The smallest absolute Gasteiger partial charge is 0.310 e. The Balaban J connectivity index is 0.00000364. The molecule has 2 aromatic rings. The second-order valence-electron chi connectivity index (χ2n) is 6.45. The van der Waals surface area contributed by atoms with Crippen molar-refractivity contribution in [2.24, 2.45) is 11.7 Å². The van der Waals surface area contributed by atoms with Gasteiger partial charge in [0.2, 0.25) is 5.91 Å². The van der Waals surface area contributed by atoms with Gasteiger partial charge in [-0.05, 0) is 30.9 Å². The topological polar surface area (TPSA) is 81.4 Å². The van der Waals surface area contributed by atoms with Crippen LogP contribution in [-0.4, -0.2) is 31.6 Å². The molecule has 0 heterocycles. The summed E-state index contributed by atoms with van der Waals surface area (Å²) in [5, 5.41) is 2.79. The lowest BCUT2D eigenvalue weighted by atomic mass is 9.98. The second kappa shape index (κ2) is 11.4. The third-order valence-electron chi connectivity index (χ3n) is 4.26. The van der Waals surface area contributed by atoms with E-state index in [2.05, 4.69) is 5.32 Å². The molecular formula is C21H27ClN2O3. The maximum atomic E-state index is 12.3. The summed E-state index contributed by atoms with van der Waals surface area (Å²) in [6.07, 6.45) is 0.954. The summed E-state index contributed by atoms with van der Waals surface area (Å²) in [6, 6.07) is 16.9. The highest BCUT2D eigenvalue weighted by Gasteiger charge is 2.22. The van der Waals surface area contributed by atoms with Crippen molar-refractivity contribution >= 4 is 24.3 Å². The second-order valence-corrected chi connectivity index (χ2v) is 6.45. The number of rotatable bonds is 8. The number of amides is 1. The summed E-state index contributed by atoms with van der Waals surface area (Å²) in [4.78, 5) is 24.4. The first kappa shape index (κ1) is 22.7. The van der Waals surface area contributed by atoms with Crippen LogP contribution in [0.3, 0.4) is 0 Å². The zero-order chi connectivity index (χ0) is 18.9. The summed E-state index contributed by atoms with van der Waals surface area (Å²) in [7, 11) is 1.36. The summed E-state index contributed by atoms with van der Waals surface area (Å²) in [5.41, 5.74) is 9.14. The molecule has 0 aliphatic carbocycles. The van der Waals surface area contributed by atoms with Crippen LogP contribution in [0, 0.1) is 12.8 Å². The van der Waals surface area contributed by atoms with Crippen molar-refractivity contribution in [2.75, 3.05) is 13.7 Å². The Kier molecular flexibility index (Phi) is 9.54. The first-order valence-electron chi connectivity index (χ1n) is 8.70. The number of carbonyl (C=O) groups is 2. The zero-order valence-electron chi connectivity index (χ0n) is 15.7. The molecule has 0 aliphatic heterocycles. The summed E-state index contributed by atoms with van der Waals surface area (Å²) in [6.45, 7) is 2.20. The first-order chi connectivity index (χ1) is 12.5. The minimum Gasteiger partial charge on any atom is -0.469 e. The quantitative estimate of drug-likeness (QED) is 0.678. The van der Waals surface area contributed by atoms with Gasteiger partial charge in [-0.15, -0.1) is 12.4 Å². The molecule has 0 saturated carbocycles. The van der Waals surface area contributed by atoms with Crippen molar-refractivity contribution in [3.63, 3.8) is 0 Å². The van der Waals surface area contributed by atoms with E-state index in [1.54, 1.807) is 0 Å². The van der Waals surface area contributed by atoms with Gasteiger partial charge in [-0.2, -0.15) is 0 Å². The van der Waals surface area contributed by atoms with Crippen LogP contribution >= 0.6 is 12.4 Å². The number of hydrogen-bond acceptors (Lipinski definition) is 4. The van der Waals surface area contributed by atoms with Gasteiger partial charge in [0, 0.05) is 6.54 Å². The fraction of sp³-hybridized carbons (Fsp3) is 0.333. The highest BCUT2D eigenvalue weighted by molar-refractivity contribution is 5.85. The van der Waals surface area contributed by atoms with E-state index < -0.39 is 12.0 Å². The van der Waals surface area contributed by atoms with Crippen LogP contribution in [0.5, 0.6) is 0 Å². The molecule has 5 nitrogen and oxygen atoms in total. The SMILES string of the molecule is COC(=O)C(CNC(=O)[C@@H](N)Cc1ccccc1)Cc1cccc(C)c1.Cl. The molecule has 0 spiro atoms. The predicted molar refractivity (Wildman–Crippen MR) is 109 cm³/mol. The van der Waals surface area contributed by atoms with Gasteiger partial charge in [-0.1, -0.05) is 60.2 Å². The van der Waals surface area contributed by atoms with E-state index in [0.717, 1.165) is 16.7 Å². The molecule has 146 valence electrons. The molecule has 0 aliphatic rings. The number of methoxy groups -OCH3 is 1. The molecule has 0 fully saturated rings. The highest BCUT2D eigenvalue weighted by Crippen LogP contribution is 2.12. The van der Waals surface area contributed by atoms with Crippen molar-refractivity contribution in [2.45, 2.75) is 25.8 Å². The Morgan fingerprint density at radius 3 is 2.33 bits per heavy atom. The van der Waals surface area contributed by atoms with Crippen molar-refractivity contribution in [3.8, 4) is 0 Å². The monoisotopic (exact) mass is 390 g/mol. The predicted octanol–water partition coefficient (Wildman–Crippen LogP) is 2.43. The molecule has 2 rings (SSSR count). The molecule has 0 bridgehead atoms. The van der Waals surface area contributed by atoms with Crippen LogP contribution in [0.1, 0.15) is 16.7 Å². The minimum atomic E-state index is -0.658. The number of aryl methyl sites for hydroxylation is 1. The number of hydrogen-bond donors (Lipinski definition) is 2. The van der Waals surface area contributed by atoms with Gasteiger partial charge in [-0.3, -0.25) is 9.59 Å². The minimum absolute atomic E-state index is 0. The molecule has 0 saturated heterocycles. The Morgan fingerprint density at radius 1 is 1.04 bits per heavy atom. The molecular weight excluding hydrogens is 364 g/mol. The van der Waals surface area contributed by atoms with Crippen LogP contribution in [0.25, 0.3) is 0 Å². The average molecular weight is 391 g/mol. The molecule has 3 N–H and O–H groups in total. The van der Waals surface area contributed by atoms with Crippen LogP contribution < -0.4 is 11.1 Å². The molecule has 6 heteroatoms. The van der Waals surface area contributed by atoms with E-state index in [4.69, 9.17) is 10.5 Å². The molecule has 1 amide bonds. The number of nitrogens with two attached hydrogens (primary N) is 1. The third kappa shape index (κ3) is 7.41. The number of ether oxygens (including phenoxy) is 1. The largest absolute Gasteiger partial charge is 0.469 e. The van der Waals surface area contributed by atoms with Crippen LogP contribution in [-0.2, 0) is 27.2 Å². The summed E-state index contributed by atoms with van der Waals surface area (Å²) < 4.78 is 4.88. The average Bonchev–Trinajstić information content (AvgIpc) is 2.65. The molecule has 2 aromatic carbocycles. The maximum Gasteiger partial charge on any atom is 0.310 e. The van der Waals surface area contributed by atoms with Crippen molar-refractivity contribution < 1.29 is 14.3 Å². The van der Waals surface area contributed by atoms with E-state index in [0.29, 0.717) is 12.8 Å². The normalized spacial score (nSPS) is 12.4. The highest BCUT2D eigenvalue weighted by atomic mass is 35.5. The summed E-state index contributed by atoms with van der Waals surface area (Å²) in [5.74, 6) is -1.06. The number of carbonyl (C=O) groups excluding carboxylic acids is 2. The van der Waals surface area contributed by atoms with Gasteiger partial charge in [0.25, 0.3) is 0 Å². The molecule has 0 aromatic heterocycles. The lowest BCUT2D eigenvalue weighted by Gasteiger charge is -2.18. The third-order valence-corrected chi connectivity index (χ3v) is 4.26. The molecule has 1 unspecified atom stereocenters. The van der Waals surface area contributed by atoms with Crippen LogP contribution in [0.15, 0.2) is 54.6 Å². The standard InChI is InChI=1S/C21H26N2O3.ClH/c1-15-7-6-10-17(11-15)12-18(21(25)26-2)14-23-20(24)19(22)13-16-8-4-3-5-9-16;/h3-11,18-19H,12-14,22H2,1-2H3,(H,23,24);1H/t18?,19-;/m0./s1. The Labute approximate surface area is 166 Å². The lowest BCUT2D eigenvalue weighted by molar-refractivity contribution is -0.145. The number of esters is 1. The van der Waals surface area contributed by atoms with Gasteiger partial charge in [0.1, 0.15) is 0 Å². The van der Waals surface area contributed by atoms with Crippen molar-refractivity contribution in [1.82, 2.24) is 5.32 Å². The molecule has 27 heavy (non-hydrogen) atoms. The van der Waals surface area contributed by atoms with E-state index in [-0.39, 0.29) is 30.8 Å².